The Labute approximate surface area is 115 Å². The molecule has 0 saturated carbocycles. The summed E-state index contributed by atoms with van der Waals surface area (Å²) in [5, 5.41) is 2.58. The van der Waals surface area contributed by atoms with E-state index in [1.165, 1.54) is 18.2 Å². The van der Waals surface area contributed by atoms with Gasteiger partial charge in [-0.25, -0.2) is 0 Å². The zero-order chi connectivity index (χ0) is 15.3. The van der Waals surface area contributed by atoms with Gasteiger partial charge >= 0.3 is 6.18 Å². The molecule has 1 amide bonds. The Kier molecular flexibility index (Phi) is 5.24. The third-order valence-corrected chi connectivity index (χ3v) is 2.70. The number of anilines is 2. The fourth-order valence-electron chi connectivity index (χ4n) is 1.84. The molecule has 1 rings (SSSR count). The molecule has 1 aromatic carbocycles. The van der Waals surface area contributed by atoms with Gasteiger partial charge in [-0.15, -0.1) is 0 Å². The molecule has 7 heteroatoms. The molecular formula is C13H18F3N3O. The Morgan fingerprint density at radius 2 is 2.00 bits per heavy atom. The number of nitrogens with two attached hydrogens (primary N) is 1. The number of carbonyl (C=O) groups is 1. The number of alkyl halides is 3. The van der Waals surface area contributed by atoms with Crippen LogP contribution in [0.5, 0.6) is 0 Å². The molecule has 0 fully saturated rings. The standard InChI is InChI=1S/C13H18F3N3O/c1-3-18-12(20)10-6-5-9(17)7-11(10)19(4-2)8-13(14,15)16/h5-7H,3-4,8,17H2,1-2H3,(H,18,20). The van der Waals surface area contributed by atoms with Gasteiger partial charge in [0.05, 0.1) is 11.3 Å². The van der Waals surface area contributed by atoms with Crippen LogP contribution < -0.4 is 16.0 Å². The number of carbonyl (C=O) groups excluding carboxylic acids is 1. The number of benzene rings is 1. The Bertz CT molecular complexity index is 474. The predicted molar refractivity (Wildman–Crippen MR) is 72.8 cm³/mol. The number of nitrogens with one attached hydrogen (secondary N) is 1. The zero-order valence-electron chi connectivity index (χ0n) is 11.4. The van der Waals surface area contributed by atoms with Crippen molar-refractivity contribution in [1.29, 1.82) is 0 Å². The minimum absolute atomic E-state index is 0.120. The van der Waals surface area contributed by atoms with E-state index in [1.807, 2.05) is 0 Å². The highest BCUT2D eigenvalue weighted by Crippen LogP contribution is 2.27. The third kappa shape index (κ3) is 4.32. The first-order valence-corrected chi connectivity index (χ1v) is 6.28. The lowest BCUT2D eigenvalue weighted by molar-refractivity contribution is -0.119. The Hall–Kier alpha value is -1.92. The summed E-state index contributed by atoms with van der Waals surface area (Å²) >= 11 is 0. The van der Waals surface area contributed by atoms with E-state index >= 15 is 0 Å². The van der Waals surface area contributed by atoms with Gasteiger partial charge in [0.25, 0.3) is 5.91 Å². The lowest BCUT2D eigenvalue weighted by Gasteiger charge is -2.26. The molecular weight excluding hydrogens is 271 g/mol. The lowest BCUT2D eigenvalue weighted by Crippen LogP contribution is -2.36. The van der Waals surface area contributed by atoms with Gasteiger partial charge in [-0.1, -0.05) is 0 Å². The van der Waals surface area contributed by atoms with Crippen LogP contribution in [-0.2, 0) is 0 Å². The van der Waals surface area contributed by atoms with Crippen LogP contribution in [0.3, 0.4) is 0 Å². The van der Waals surface area contributed by atoms with Gasteiger partial charge in [-0.05, 0) is 32.0 Å². The molecule has 0 aliphatic rings. The monoisotopic (exact) mass is 289 g/mol. The highest BCUT2D eigenvalue weighted by Gasteiger charge is 2.31. The molecule has 20 heavy (non-hydrogen) atoms. The number of hydrogen-bond acceptors (Lipinski definition) is 3. The second-order valence-electron chi connectivity index (χ2n) is 4.27. The van der Waals surface area contributed by atoms with Crippen molar-refractivity contribution in [3.63, 3.8) is 0 Å². The van der Waals surface area contributed by atoms with Gasteiger partial charge in [-0.2, -0.15) is 13.2 Å². The predicted octanol–water partition coefficient (Wildman–Crippen LogP) is 2.41. The molecule has 3 N–H and O–H groups in total. The maximum absolute atomic E-state index is 12.6. The van der Waals surface area contributed by atoms with E-state index in [2.05, 4.69) is 5.32 Å². The Balaban J connectivity index is 3.18. The van der Waals surface area contributed by atoms with Crippen LogP contribution in [0.2, 0.25) is 0 Å². The summed E-state index contributed by atoms with van der Waals surface area (Å²) < 4.78 is 37.8. The summed E-state index contributed by atoms with van der Waals surface area (Å²) in [7, 11) is 0. The maximum atomic E-state index is 12.6. The molecule has 1 aromatic rings. The molecule has 4 nitrogen and oxygen atoms in total. The second-order valence-corrected chi connectivity index (χ2v) is 4.27. The maximum Gasteiger partial charge on any atom is 0.405 e. The van der Waals surface area contributed by atoms with E-state index in [9.17, 15) is 18.0 Å². The van der Waals surface area contributed by atoms with Crippen molar-refractivity contribution >= 4 is 17.3 Å². The van der Waals surface area contributed by atoms with Crippen LogP contribution in [0.1, 0.15) is 24.2 Å². The largest absolute Gasteiger partial charge is 0.405 e. The SMILES string of the molecule is CCNC(=O)c1ccc(N)cc1N(CC)CC(F)(F)F. The van der Waals surface area contributed by atoms with Crippen LogP contribution in [0, 0.1) is 0 Å². The number of rotatable bonds is 5. The second kappa shape index (κ2) is 6.49. The number of halogens is 3. The number of nitrogens with zero attached hydrogens (tertiary/aromatic N) is 1. The zero-order valence-corrected chi connectivity index (χ0v) is 11.4. The molecule has 0 saturated heterocycles. The van der Waals surface area contributed by atoms with Gasteiger partial charge in [0.1, 0.15) is 6.54 Å². The summed E-state index contributed by atoms with van der Waals surface area (Å²) in [5.41, 5.74) is 6.31. The molecule has 0 aliphatic heterocycles. The lowest BCUT2D eigenvalue weighted by atomic mass is 10.1. The van der Waals surface area contributed by atoms with Crippen LogP contribution >= 0.6 is 0 Å². The van der Waals surface area contributed by atoms with Gasteiger partial charge in [0, 0.05) is 18.8 Å². The van der Waals surface area contributed by atoms with Gasteiger partial charge < -0.3 is 16.0 Å². The number of amides is 1. The van der Waals surface area contributed by atoms with Crippen molar-refractivity contribution in [2.45, 2.75) is 20.0 Å². The molecule has 0 aliphatic carbocycles. The first-order valence-electron chi connectivity index (χ1n) is 6.28. The smallest absolute Gasteiger partial charge is 0.399 e. The minimum Gasteiger partial charge on any atom is -0.399 e. The Morgan fingerprint density at radius 3 is 2.50 bits per heavy atom. The van der Waals surface area contributed by atoms with Crippen LogP contribution in [0.15, 0.2) is 18.2 Å². The van der Waals surface area contributed by atoms with Crippen LogP contribution in [0.25, 0.3) is 0 Å². The highest BCUT2D eigenvalue weighted by atomic mass is 19.4. The fourth-order valence-corrected chi connectivity index (χ4v) is 1.84. The van der Waals surface area contributed by atoms with Crippen molar-refractivity contribution in [2.75, 3.05) is 30.3 Å². The van der Waals surface area contributed by atoms with Gasteiger partial charge in [0.15, 0.2) is 0 Å². The molecule has 0 radical (unpaired) electrons. The molecule has 112 valence electrons. The van der Waals surface area contributed by atoms with E-state index < -0.39 is 18.6 Å². The fraction of sp³-hybridized carbons (Fsp3) is 0.462. The number of nitrogen functional groups attached to an aromatic ring is 1. The topological polar surface area (TPSA) is 58.4 Å². The Morgan fingerprint density at radius 1 is 1.35 bits per heavy atom. The third-order valence-electron chi connectivity index (χ3n) is 2.70. The molecule has 0 heterocycles. The highest BCUT2D eigenvalue weighted by molar-refractivity contribution is 6.00. The van der Waals surface area contributed by atoms with E-state index in [4.69, 9.17) is 5.73 Å². The average Bonchev–Trinajstić information content (AvgIpc) is 2.35. The van der Waals surface area contributed by atoms with Crippen molar-refractivity contribution < 1.29 is 18.0 Å². The first-order chi connectivity index (χ1) is 9.28. The van der Waals surface area contributed by atoms with Crippen molar-refractivity contribution in [1.82, 2.24) is 5.32 Å². The normalized spacial score (nSPS) is 11.2. The van der Waals surface area contributed by atoms with E-state index in [1.54, 1.807) is 13.8 Å². The first kappa shape index (κ1) is 16.1. The quantitative estimate of drug-likeness (QED) is 0.818. The molecule has 0 bridgehead atoms. The summed E-state index contributed by atoms with van der Waals surface area (Å²) in [6.45, 7) is 2.72. The molecule has 0 atom stereocenters. The summed E-state index contributed by atoms with van der Waals surface area (Å²) in [6, 6.07) is 4.32. The van der Waals surface area contributed by atoms with Crippen LogP contribution in [-0.4, -0.2) is 31.7 Å². The summed E-state index contributed by atoms with van der Waals surface area (Å²) in [6.07, 6.45) is -4.35. The molecule has 0 spiro atoms. The van der Waals surface area contributed by atoms with Crippen molar-refractivity contribution in [2.24, 2.45) is 0 Å². The van der Waals surface area contributed by atoms with E-state index in [0.717, 1.165) is 4.90 Å². The number of hydrogen-bond donors (Lipinski definition) is 2. The van der Waals surface area contributed by atoms with Crippen molar-refractivity contribution in [3.05, 3.63) is 23.8 Å². The van der Waals surface area contributed by atoms with Crippen LogP contribution in [0.4, 0.5) is 24.5 Å². The molecule has 0 unspecified atom stereocenters. The summed E-state index contributed by atoms with van der Waals surface area (Å²) in [5.74, 6) is -0.414. The van der Waals surface area contributed by atoms with E-state index in [0.29, 0.717) is 12.2 Å². The molecule has 0 aromatic heterocycles. The average molecular weight is 289 g/mol. The van der Waals surface area contributed by atoms with Crippen molar-refractivity contribution in [3.8, 4) is 0 Å². The van der Waals surface area contributed by atoms with Gasteiger partial charge in [0.2, 0.25) is 0 Å². The summed E-state index contributed by atoms with van der Waals surface area (Å²) in [4.78, 5) is 13.0. The van der Waals surface area contributed by atoms with E-state index in [-0.39, 0.29) is 17.8 Å². The van der Waals surface area contributed by atoms with Gasteiger partial charge in [-0.3, -0.25) is 4.79 Å². The minimum atomic E-state index is -4.35.